The summed E-state index contributed by atoms with van der Waals surface area (Å²) in [5.41, 5.74) is 0. The van der Waals surface area contributed by atoms with Crippen molar-refractivity contribution in [1.29, 1.82) is 0 Å². The van der Waals surface area contributed by atoms with Crippen molar-refractivity contribution in [2.75, 3.05) is 20.3 Å². The van der Waals surface area contributed by atoms with E-state index >= 15 is 0 Å². The van der Waals surface area contributed by atoms with Gasteiger partial charge in [-0.2, -0.15) is 0 Å². The lowest BCUT2D eigenvalue weighted by Gasteiger charge is -2.19. The predicted octanol–water partition coefficient (Wildman–Crippen LogP) is 3.54. The lowest BCUT2D eigenvalue weighted by molar-refractivity contribution is 0.00637. The van der Waals surface area contributed by atoms with Crippen molar-refractivity contribution >= 4 is 0 Å². The Morgan fingerprint density at radius 1 is 0.800 bits per heavy atom. The number of ether oxygens (including phenoxy) is 2. The summed E-state index contributed by atoms with van der Waals surface area (Å²) in [6, 6.07) is 0. The largest absolute Gasteiger partial charge is 0.382 e. The van der Waals surface area contributed by atoms with Gasteiger partial charge in [0, 0.05) is 7.11 Å². The highest BCUT2D eigenvalue weighted by Crippen LogP contribution is 2.18. The Morgan fingerprint density at radius 2 is 1.33 bits per heavy atom. The molecule has 1 rings (SSSR count). The van der Waals surface area contributed by atoms with Crippen LogP contribution < -0.4 is 0 Å². The zero-order chi connectivity index (χ0) is 10.8. The molecule has 1 saturated carbocycles. The van der Waals surface area contributed by atoms with Crippen LogP contribution in [0, 0.1) is 0 Å². The van der Waals surface area contributed by atoms with E-state index in [4.69, 9.17) is 9.47 Å². The van der Waals surface area contributed by atoms with Gasteiger partial charge >= 0.3 is 0 Å². The predicted molar refractivity (Wildman–Crippen MR) is 63.2 cm³/mol. The van der Waals surface area contributed by atoms with Crippen molar-refractivity contribution in [2.24, 2.45) is 0 Å². The highest BCUT2D eigenvalue weighted by molar-refractivity contribution is 4.61. The Morgan fingerprint density at radius 3 is 1.87 bits per heavy atom. The second-order valence-electron chi connectivity index (χ2n) is 4.54. The molecule has 2 nitrogen and oxygen atoms in total. The number of hydrogen-bond donors (Lipinski definition) is 0. The SMILES string of the molecule is COCCOC1CCCCCCCCC1. The fraction of sp³-hybridized carbons (Fsp3) is 1.00. The second-order valence-corrected chi connectivity index (χ2v) is 4.54. The van der Waals surface area contributed by atoms with Crippen molar-refractivity contribution in [3.63, 3.8) is 0 Å². The summed E-state index contributed by atoms with van der Waals surface area (Å²) < 4.78 is 10.8. The van der Waals surface area contributed by atoms with E-state index in [9.17, 15) is 0 Å². The van der Waals surface area contributed by atoms with E-state index in [2.05, 4.69) is 0 Å². The summed E-state index contributed by atoms with van der Waals surface area (Å²) in [5, 5.41) is 0. The molecule has 0 atom stereocenters. The monoisotopic (exact) mass is 214 g/mol. The fourth-order valence-electron chi connectivity index (χ4n) is 2.24. The molecule has 0 aromatic heterocycles. The van der Waals surface area contributed by atoms with Crippen LogP contribution in [-0.4, -0.2) is 26.4 Å². The van der Waals surface area contributed by atoms with Crippen molar-refractivity contribution in [3.8, 4) is 0 Å². The first-order valence-electron chi connectivity index (χ1n) is 6.54. The van der Waals surface area contributed by atoms with Gasteiger partial charge < -0.3 is 9.47 Å². The van der Waals surface area contributed by atoms with Crippen LogP contribution in [0.1, 0.15) is 57.8 Å². The van der Waals surface area contributed by atoms with Gasteiger partial charge in [-0.05, 0) is 12.8 Å². The highest BCUT2D eigenvalue weighted by Gasteiger charge is 2.09. The molecule has 0 saturated heterocycles. The molecule has 0 spiro atoms. The molecule has 1 aliphatic rings. The molecule has 0 N–H and O–H groups in total. The van der Waals surface area contributed by atoms with Crippen LogP contribution in [0.5, 0.6) is 0 Å². The van der Waals surface area contributed by atoms with Crippen molar-refractivity contribution in [2.45, 2.75) is 63.9 Å². The first-order chi connectivity index (χ1) is 7.43. The molecular weight excluding hydrogens is 188 g/mol. The maximum atomic E-state index is 5.83. The molecule has 0 bridgehead atoms. The third kappa shape index (κ3) is 6.91. The van der Waals surface area contributed by atoms with E-state index in [0.29, 0.717) is 6.10 Å². The first-order valence-corrected chi connectivity index (χ1v) is 6.54. The van der Waals surface area contributed by atoms with Gasteiger partial charge in [-0.25, -0.2) is 0 Å². The van der Waals surface area contributed by atoms with Crippen molar-refractivity contribution in [1.82, 2.24) is 0 Å². The smallest absolute Gasteiger partial charge is 0.0704 e. The molecule has 2 heteroatoms. The topological polar surface area (TPSA) is 18.5 Å². The van der Waals surface area contributed by atoms with Crippen LogP contribution in [0.25, 0.3) is 0 Å². The molecular formula is C13H26O2. The van der Waals surface area contributed by atoms with Crippen LogP contribution >= 0.6 is 0 Å². The number of methoxy groups -OCH3 is 1. The van der Waals surface area contributed by atoms with Crippen molar-refractivity contribution in [3.05, 3.63) is 0 Å². The second kappa shape index (κ2) is 9.17. The van der Waals surface area contributed by atoms with Crippen LogP contribution in [0.15, 0.2) is 0 Å². The Bertz CT molecular complexity index is 124. The van der Waals surface area contributed by atoms with Gasteiger partial charge in [-0.3, -0.25) is 0 Å². The maximum absolute atomic E-state index is 5.83. The number of rotatable bonds is 4. The molecule has 90 valence electrons. The van der Waals surface area contributed by atoms with E-state index in [1.54, 1.807) is 7.11 Å². The lowest BCUT2D eigenvalue weighted by atomic mass is 9.99. The van der Waals surface area contributed by atoms with Gasteiger partial charge in [0.1, 0.15) is 0 Å². The molecule has 0 amide bonds. The minimum Gasteiger partial charge on any atom is -0.382 e. The molecule has 0 aliphatic heterocycles. The van der Waals surface area contributed by atoms with Gasteiger partial charge in [0.15, 0.2) is 0 Å². The normalized spacial score (nSPS) is 21.4. The molecule has 1 fully saturated rings. The number of hydrogen-bond acceptors (Lipinski definition) is 2. The molecule has 0 unspecified atom stereocenters. The van der Waals surface area contributed by atoms with E-state index in [1.807, 2.05) is 0 Å². The summed E-state index contributed by atoms with van der Waals surface area (Å²) in [4.78, 5) is 0. The van der Waals surface area contributed by atoms with E-state index in [-0.39, 0.29) is 0 Å². The lowest BCUT2D eigenvalue weighted by Crippen LogP contribution is -2.16. The van der Waals surface area contributed by atoms with Crippen LogP contribution in [-0.2, 0) is 9.47 Å². The van der Waals surface area contributed by atoms with Crippen LogP contribution in [0.2, 0.25) is 0 Å². The van der Waals surface area contributed by atoms with Gasteiger partial charge in [0.25, 0.3) is 0 Å². The van der Waals surface area contributed by atoms with Crippen LogP contribution in [0.3, 0.4) is 0 Å². The Balaban J connectivity index is 2.13. The third-order valence-corrected chi connectivity index (χ3v) is 3.19. The first kappa shape index (κ1) is 13.0. The average Bonchev–Trinajstić information content (AvgIpc) is 2.27. The Hall–Kier alpha value is -0.0800. The van der Waals surface area contributed by atoms with Gasteiger partial charge in [0.2, 0.25) is 0 Å². The minimum absolute atomic E-state index is 0.498. The van der Waals surface area contributed by atoms with E-state index in [0.717, 1.165) is 13.2 Å². The van der Waals surface area contributed by atoms with Crippen LogP contribution in [0.4, 0.5) is 0 Å². The zero-order valence-corrected chi connectivity index (χ0v) is 10.2. The third-order valence-electron chi connectivity index (χ3n) is 3.19. The minimum atomic E-state index is 0.498. The summed E-state index contributed by atoms with van der Waals surface area (Å²) in [7, 11) is 1.73. The fourth-order valence-corrected chi connectivity index (χ4v) is 2.24. The summed E-state index contributed by atoms with van der Waals surface area (Å²) in [5.74, 6) is 0. The summed E-state index contributed by atoms with van der Waals surface area (Å²) in [6.07, 6.45) is 12.8. The Kier molecular flexibility index (Phi) is 7.94. The summed E-state index contributed by atoms with van der Waals surface area (Å²) in [6.45, 7) is 1.50. The molecule has 0 aromatic rings. The molecule has 0 aromatic carbocycles. The molecule has 0 radical (unpaired) electrons. The van der Waals surface area contributed by atoms with Gasteiger partial charge in [0.05, 0.1) is 19.3 Å². The van der Waals surface area contributed by atoms with Gasteiger partial charge in [-0.15, -0.1) is 0 Å². The molecule has 15 heavy (non-hydrogen) atoms. The Labute approximate surface area is 94.3 Å². The van der Waals surface area contributed by atoms with Crippen molar-refractivity contribution < 1.29 is 9.47 Å². The average molecular weight is 214 g/mol. The van der Waals surface area contributed by atoms with Gasteiger partial charge in [-0.1, -0.05) is 44.9 Å². The highest BCUT2D eigenvalue weighted by atomic mass is 16.5. The van der Waals surface area contributed by atoms with E-state index < -0.39 is 0 Å². The molecule has 0 heterocycles. The quantitative estimate of drug-likeness (QED) is 0.666. The zero-order valence-electron chi connectivity index (χ0n) is 10.2. The maximum Gasteiger partial charge on any atom is 0.0704 e. The molecule has 1 aliphatic carbocycles. The van der Waals surface area contributed by atoms with E-state index in [1.165, 1.54) is 57.8 Å². The summed E-state index contributed by atoms with van der Waals surface area (Å²) >= 11 is 0. The standard InChI is InChI=1S/C13H26O2/c1-14-11-12-15-13-9-7-5-3-2-4-6-8-10-13/h13H,2-12H2,1H3.